The molecule has 0 fully saturated rings. The molecule has 1 N–H and O–H groups in total. The Morgan fingerprint density at radius 2 is 1.85 bits per heavy atom. The predicted molar refractivity (Wildman–Crippen MR) is 69.9 cm³/mol. The van der Waals surface area contributed by atoms with Crippen molar-refractivity contribution < 1.29 is 14.4 Å². The minimum absolute atomic E-state index is 0.123. The zero-order valence-corrected chi connectivity index (χ0v) is 10.2. The molecule has 0 unspecified atom stereocenters. The first-order valence-corrected chi connectivity index (χ1v) is 5.82. The van der Waals surface area contributed by atoms with Gasteiger partial charge in [-0.2, -0.15) is 4.98 Å². The number of pyridine rings is 1. The van der Waals surface area contributed by atoms with Gasteiger partial charge >= 0.3 is 5.97 Å². The Morgan fingerprint density at radius 3 is 2.60 bits per heavy atom. The molecule has 2 heterocycles. The van der Waals surface area contributed by atoms with Crippen molar-refractivity contribution >= 4 is 5.97 Å². The molecule has 1 aromatic carbocycles. The molecule has 98 valence electrons. The van der Waals surface area contributed by atoms with Crippen LogP contribution >= 0.6 is 0 Å². The highest BCUT2D eigenvalue weighted by Gasteiger charge is 2.17. The summed E-state index contributed by atoms with van der Waals surface area (Å²) < 4.78 is 5.15. The van der Waals surface area contributed by atoms with Gasteiger partial charge in [0.1, 0.15) is 0 Å². The lowest BCUT2D eigenvalue weighted by atomic mass is 10.1. The van der Waals surface area contributed by atoms with E-state index >= 15 is 0 Å². The highest BCUT2D eigenvalue weighted by Crippen LogP contribution is 2.24. The van der Waals surface area contributed by atoms with Crippen LogP contribution in [0.3, 0.4) is 0 Å². The van der Waals surface area contributed by atoms with Gasteiger partial charge in [0.2, 0.25) is 5.82 Å². The summed E-state index contributed by atoms with van der Waals surface area (Å²) >= 11 is 0. The first-order valence-electron chi connectivity index (χ1n) is 5.82. The van der Waals surface area contributed by atoms with E-state index in [1.165, 1.54) is 6.07 Å². The first kappa shape index (κ1) is 12.0. The van der Waals surface area contributed by atoms with Crippen LogP contribution in [0.25, 0.3) is 22.8 Å². The van der Waals surface area contributed by atoms with Gasteiger partial charge in [0.25, 0.3) is 5.89 Å². The van der Waals surface area contributed by atoms with E-state index in [4.69, 9.17) is 9.63 Å². The number of aromatic nitrogens is 3. The Labute approximate surface area is 113 Å². The Balaban J connectivity index is 2.05. The average molecular weight is 267 g/mol. The first-order chi connectivity index (χ1) is 9.75. The smallest absolute Gasteiger partial charge is 0.336 e. The van der Waals surface area contributed by atoms with E-state index in [0.29, 0.717) is 11.4 Å². The second-order valence-electron chi connectivity index (χ2n) is 4.01. The quantitative estimate of drug-likeness (QED) is 0.784. The van der Waals surface area contributed by atoms with Crippen LogP contribution < -0.4 is 0 Å². The molecular weight excluding hydrogens is 258 g/mol. The standard InChI is InChI=1S/C14H9N3O3/c18-14(19)11-4-2-1-3-10(11)13-16-12(17-20-13)9-5-7-15-8-6-9/h1-8H,(H,18,19). The normalized spacial score (nSPS) is 10.4. The molecule has 0 aliphatic heterocycles. The summed E-state index contributed by atoms with van der Waals surface area (Å²) in [6, 6.07) is 9.99. The molecule has 0 aliphatic rings. The summed E-state index contributed by atoms with van der Waals surface area (Å²) in [5.41, 5.74) is 1.27. The van der Waals surface area contributed by atoms with Crippen molar-refractivity contribution in [1.29, 1.82) is 0 Å². The van der Waals surface area contributed by atoms with Gasteiger partial charge in [-0.25, -0.2) is 4.79 Å². The van der Waals surface area contributed by atoms with Crippen LogP contribution in [-0.2, 0) is 0 Å². The Morgan fingerprint density at radius 1 is 1.10 bits per heavy atom. The lowest BCUT2D eigenvalue weighted by Gasteiger charge is -1.99. The number of aromatic carboxylic acids is 1. The van der Waals surface area contributed by atoms with Gasteiger partial charge in [-0.3, -0.25) is 4.98 Å². The molecule has 2 aromatic heterocycles. The van der Waals surface area contributed by atoms with Crippen molar-refractivity contribution in [1.82, 2.24) is 15.1 Å². The van der Waals surface area contributed by atoms with Gasteiger partial charge in [-0.1, -0.05) is 17.3 Å². The van der Waals surface area contributed by atoms with E-state index in [2.05, 4.69) is 15.1 Å². The van der Waals surface area contributed by atoms with Crippen LogP contribution in [0.4, 0.5) is 0 Å². The number of nitrogens with zero attached hydrogens (tertiary/aromatic N) is 3. The van der Waals surface area contributed by atoms with Gasteiger partial charge in [0, 0.05) is 18.0 Å². The fraction of sp³-hybridized carbons (Fsp3) is 0. The van der Waals surface area contributed by atoms with Gasteiger partial charge in [0.05, 0.1) is 11.1 Å². The molecular formula is C14H9N3O3. The van der Waals surface area contributed by atoms with E-state index in [1.54, 1.807) is 42.7 Å². The molecule has 0 bridgehead atoms. The predicted octanol–water partition coefficient (Wildman–Crippen LogP) is 2.50. The summed E-state index contributed by atoms with van der Waals surface area (Å²) in [7, 11) is 0. The van der Waals surface area contributed by atoms with E-state index < -0.39 is 5.97 Å². The SMILES string of the molecule is O=C(O)c1ccccc1-c1nc(-c2ccncc2)no1. The summed E-state index contributed by atoms with van der Waals surface area (Å²) in [6.45, 7) is 0. The highest BCUT2D eigenvalue weighted by molar-refractivity contribution is 5.94. The van der Waals surface area contributed by atoms with Crippen LogP contribution in [0, 0.1) is 0 Å². The van der Waals surface area contributed by atoms with Crippen molar-refractivity contribution in [3.63, 3.8) is 0 Å². The van der Waals surface area contributed by atoms with Gasteiger partial charge in [-0.05, 0) is 24.3 Å². The molecule has 0 radical (unpaired) electrons. The number of hydrogen-bond acceptors (Lipinski definition) is 5. The molecule has 3 rings (SSSR count). The van der Waals surface area contributed by atoms with Crippen LogP contribution in [0.15, 0.2) is 53.3 Å². The topological polar surface area (TPSA) is 89.1 Å². The zero-order valence-electron chi connectivity index (χ0n) is 10.2. The molecule has 0 aliphatic carbocycles. The van der Waals surface area contributed by atoms with Crippen LogP contribution in [0.1, 0.15) is 10.4 Å². The monoisotopic (exact) mass is 267 g/mol. The summed E-state index contributed by atoms with van der Waals surface area (Å²) in [5, 5.41) is 13.0. The number of carbonyl (C=O) groups is 1. The van der Waals surface area contributed by atoms with E-state index in [9.17, 15) is 4.79 Å². The highest BCUT2D eigenvalue weighted by atomic mass is 16.5. The molecule has 0 saturated carbocycles. The van der Waals surface area contributed by atoms with Crippen LogP contribution in [0.2, 0.25) is 0 Å². The fourth-order valence-electron chi connectivity index (χ4n) is 1.81. The third-order valence-electron chi connectivity index (χ3n) is 2.75. The second-order valence-corrected chi connectivity index (χ2v) is 4.01. The van der Waals surface area contributed by atoms with Gasteiger partial charge in [-0.15, -0.1) is 0 Å². The number of rotatable bonds is 3. The summed E-state index contributed by atoms with van der Waals surface area (Å²) in [5.74, 6) is -0.471. The summed E-state index contributed by atoms with van der Waals surface area (Å²) in [4.78, 5) is 19.3. The van der Waals surface area contributed by atoms with Crippen molar-refractivity contribution in [2.75, 3.05) is 0 Å². The van der Waals surface area contributed by atoms with Crippen molar-refractivity contribution in [3.8, 4) is 22.8 Å². The number of benzene rings is 1. The molecule has 0 atom stereocenters. The summed E-state index contributed by atoms with van der Waals surface area (Å²) in [6.07, 6.45) is 3.24. The zero-order chi connectivity index (χ0) is 13.9. The number of carboxylic acids is 1. The maximum Gasteiger partial charge on any atom is 0.336 e. The molecule has 3 aromatic rings. The van der Waals surface area contributed by atoms with Gasteiger partial charge < -0.3 is 9.63 Å². The van der Waals surface area contributed by atoms with Crippen molar-refractivity contribution in [2.24, 2.45) is 0 Å². The Kier molecular flexibility index (Phi) is 2.96. The second kappa shape index (κ2) is 4.93. The van der Waals surface area contributed by atoms with E-state index in [-0.39, 0.29) is 11.5 Å². The average Bonchev–Trinajstić information content (AvgIpc) is 2.98. The van der Waals surface area contributed by atoms with E-state index in [1.807, 2.05) is 0 Å². The van der Waals surface area contributed by atoms with Crippen molar-refractivity contribution in [2.45, 2.75) is 0 Å². The molecule has 20 heavy (non-hydrogen) atoms. The fourth-order valence-corrected chi connectivity index (χ4v) is 1.81. The Bertz CT molecular complexity index is 753. The maximum absolute atomic E-state index is 11.2. The minimum atomic E-state index is -1.04. The number of carboxylic acid groups (broad SMARTS) is 1. The lowest BCUT2D eigenvalue weighted by molar-refractivity contribution is 0.0697. The van der Waals surface area contributed by atoms with Crippen LogP contribution in [0.5, 0.6) is 0 Å². The molecule has 0 amide bonds. The lowest BCUT2D eigenvalue weighted by Crippen LogP contribution is -1.99. The van der Waals surface area contributed by atoms with E-state index in [0.717, 1.165) is 5.56 Å². The third kappa shape index (κ3) is 2.14. The molecule has 6 heteroatoms. The number of hydrogen-bond donors (Lipinski definition) is 1. The van der Waals surface area contributed by atoms with Crippen molar-refractivity contribution in [3.05, 3.63) is 54.4 Å². The van der Waals surface area contributed by atoms with Gasteiger partial charge in [0.15, 0.2) is 0 Å². The minimum Gasteiger partial charge on any atom is -0.478 e. The Hall–Kier alpha value is -3.02. The maximum atomic E-state index is 11.2. The van der Waals surface area contributed by atoms with Crippen LogP contribution in [-0.4, -0.2) is 26.2 Å². The molecule has 0 spiro atoms. The molecule has 0 saturated heterocycles. The molecule has 6 nitrogen and oxygen atoms in total. The third-order valence-corrected chi connectivity index (χ3v) is 2.75. The largest absolute Gasteiger partial charge is 0.478 e.